The second-order valence-corrected chi connectivity index (χ2v) is 8.81. The van der Waals surface area contributed by atoms with Crippen LogP contribution in [0.2, 0.25) is 5.02 Å². The van der Waals surface area contributed by atoms with Gasteiger partial charge in [0.15, 0.2) is 0 Å². The van der Waals surface area contributed by atoms with E-state index in [-0.39, 0.29) is 24.4 Å². The first-order valence-electron chi connectivity index (χ1n) is 11.9. The number of hydrogen-bond donors (Lipinski definition) is 1. The Kier molecular flexibility index (Phi) is 8.72. The van der Waals surface area contributed by atoms with Gasteiger partial charge in [0.05, 0.1) is 18.2 Å². The number of carbonyl (C=O) groups excluding carboxylic acids is 2. The van der Waals surface area contributed by atoms with Gasteiger partial charge in [-0.25, -0.2) is 5.48 Å². The first-order valence-corrected chi connectivity index (χ1v) is 12.3. The molecule has 0 spiro atoms. The third-order valence-electron chi connectivity index (χ3n) is 5.65. The highest BCUT2D eigenvalue weighted by atomic mass is 35.5. The quantitative estimate of drug-likeness (QED) is 0.229. The van der Waals surface area contributed by atoms with Gasteiger partial charge in [0.1, 0.15) is 29.6 Å². The lowest BCUT2D eigenvalue weighted by Gasteiger charge is -2.15. The molecule has 1 heterocycles. The molecule has 0 saturated heterocycles. The Hall–Kier alpha value is -3.94. The summed E-state index contributed by atoms with van der Waals surface area (Å²) in [5, 5.41) is 1.06. The number of hydroxylamine groups is 1. The van der Waals surface area contributed by atoms with Crippen LogP contribution in [-0.2, 0) is 22.7 Å². The smallest absolute Gasteiger partial charge is 0.278 e. The first kappa shape index (κ1) is 26.1. The second-order valence-electron chi connectivity index (χ2n) is 8.40. The molecule has 0 saturated carbocycles. The summed E-state index contributed by atoms with van der Waals surface area (Å²) in [6, 6.07) is 20.0. The van der Waals surface area contributed by atoms with Gasteiger partial charge in [-0.15, -0.1) is 0 Å². The number of carbonyl (C=O) groups is 2. The molecule has 37 heavy (non-hydrogen) atoms. The van der Waals surface area contributed by atoms with Crippen molar-refractivity contribution in [1.29, 1.82) is 0 Å². The third-order valence-corrected chi connectivity index (χ3v) is 6.00. The Labute approximate surface area is 220 Å². The summed E-state index contributed by atoms with van der Waals surface area (Å²) in [6.45, 7) is 2.25. The summed E-state index contributed by atoms with van der Waals surface area (Å²) >= 11 is 6.44. The maximum absolute atomic E-state index is 12.8. The number of Topliss-reactive ketones (excluding diaryl/α,β-unsaturated/α-hetero) is 1. The molecule has 1 aromatic heterocycles. The van der Waals surface area contributed by atoms with E-state index in [0.717, 1.165) is 17.5 Å². The van der Waals surface area contributed by atoms with E-state index in [2.05, 4.69) is 10.5 Å². The van der Waals surface area contributed by atoms with Crippen molar-refractivity contribution in [3.8, 4) is 17.2 Å². The maximum atomic E-state index is 12.8. The average molecular weight is 519 g/mol. The van der Waals surface area contributed by atoms with Crippen LogP contribution in [-0.4, -0.2) is 23.8 Å². The van der Waals surface area contributed by atoms with Crippen LogP contribution in [0.1, 0.15) is 41.3 Å². The van der Waals surface area contributed by atoms with E-state index >= 15 is 0 Å². The molecule has 8 heteroatoms. The van der Waals surface area contributed by atoms with Crippen molar-refractivity contribution < 1.29 is 23.9 Å². The predicted octanol–water partition coefficient (Wildman–Crippen LogP) is 6.46. The molecule has 7 nitrogen and oxygen atoms in total. The number of halogens is 1. The fourth-order valence-corrected chi connectivity index (χ4v) is 4.10. The molecule has 0 aliphatic heterocycles. The van der Waals surface area contributed by atoms with E-state index in [1.54, 1.807) is 42.6 Å². The number of nitrogens with one attached hydrogen (secondary N) is 1. The Bertz CT molecular complexity index is 1410. The molecule has 0 aliphatic carbocycles. The van der Waals surface area contributed by atoms with Crippen molar-refractivity contribution in [1.82, 2.24) is 10.5 Å². The summed E-state index contributed by atoms with van der Waals surface area (Å²) in [5.41, 5.74) is 4.92. The molecule has 0 aliphatic rings. The summed E-state index contributed by atoms with van der Waals surface area (Å²) in [5.74, 6) is 1.02. The lowest BCUT2D eigenvalue weighted by Crippen LogP contribution is -2.22. The van der Waals surface area contributed by atoms with Gasteiger partial charge < -0.3 is 9.47 Å². The molecule has 4 aromatic rings. The fraction of sp³-hybridized carbons (Fsp3) is 0.207. The molecule has 0 bridgehead atoms. The standard InChI is InChI=1S/C29H27ClN2O5/c1-3-7-21(33)14-20-10-11-22(15-25(20)30)37-27-12-13-31-26-17-28(36-18-19-8-5-4-6-9-19)24(16-23(26)27)29(34)32-35-2/h4-6,8-13,15-17H,3,7,14,18H2,1-2H3,(H,32,34). The van der Waals surface area contributed by atoms with Crippen LogP contribution in [0.25, 0.3) is 10.9 Å². The number of nitrogens with zero attached hydrogens (tertiary/aromatic N) is 1. The van der Waals surface area contributed by atoms with Gasteiger partial charge in [-0.2, -0.15) is 0 Å². The zero-order valence-corrected chi connectivity index (χ0v) is 21.4. The SMILES string of the molecule is CCCC(=O)Cc1ccc(Oc2ccnc3cc(OCc4ccccc4)c(C(=O)NOC)cc23)cc1Cl. The van der Waals surface area contributed by atoms with Crippen molar-refractivity contribution in [3.63, 3.8) is 0 Å². The van der Waals surface area contributed by atoms with Gasteiger partial charge in [0, 0.05) is 35.5 Å². The molecule has 0 radical (unpaired) electrons. The summed E-state index contributed by atoms with van der Waals surface area (Å²) in [6.07, 6.45) is 3.23. The number of pyridine rings is 1. The van der Waals surface area contributed by atoms with Gasteiger partial charge in [-0.1, -0.05) is 54.9 Å². The summed E-state index contributed by atoms with van der Waals surface area (Å²) in [7, 11) is 1.36. The Morgan fingerprint density at radius 3 is 2.54 bits per heavy atom. The Morgan fingerprint density at radius 2 is 1.81 bits per heavy atom. The number of hydrogen-bond acceptors (Lipinski definition) is 6. The molecular weight excluding hydrogens is 492 g/mol. The molecule has 1 amide bonds. The van der Waals surface area contributed by atoms with Crippen LogP contribution in [0.15, 0.2) is 72.9 Å². The van der Waals surface area contributed by atoms with Crippen molar-refractivity contribution >= 4 is 34.2 Å². The molecular formula is C29H27ClN2O5. The van der Waals surface area contributed by atoms with E-state index in [1.807, 2.05) is 37.3 Å². The zero-order chi connectivity index (χ0) is 26.2. The Morgan fingerprint density at radius 1 is 1.00 bits per heavy atom. The van der Waals surface area contributed by atoms with Crippen LogP contribution >= 0.6 is 11.6 Å². The van der Waals surface area contributed by atoms with Gasteiger partial charge in [0.25, 0.3) is 5.91 Å². The fourth-order valence-electron chi connectivity index (χ4n) is 3.86. The number of ether oxygens (including phenoxy) is 2. The minimum atomic E-state index is -0.466. The normalized spacial score (nSPS) is 10.8. The lowest BCUT2D eigenvalue weighted by molar-refractivity contribution is -0.118. The van der Waals surface area contributed by atoms with Crippen LogP contribution in [0.3, 0.4) is 0 Å². The topological polar surface area (TPSA) is 86.8 Å². The largest absolute Gasteiger partial charge is 0.488 e. The first-order chi connectivity index (χ1) is 18.0. The number of amides is 1. The second kappa shape index (κ2) is 12.3. The van der Waals surface area contributed by atoms with Gasteiger partial charge >= 0.3 is 0 Å². The van der Waals surface area contributed by atoms with Crippen molar-refractivity contribution in [2.45, 2.75) is 32.8 Å². The van der Waals surface area contributed by atoms with Gasteiger partial charge in [0.2, 0.25) is 0 Å². The van der Waals surface area contributed by atoms with Crippen LogP contribution in [0.4, 0.5) is 0 Å². The van der Waals surface area contributed by atoms with Crippen molar-refractivity contribution in [3.05, 3.63) is 94.6 Å². The monoisotopic (exact) mass is 518 g/mol. The van der Waals surface area contributed by atoms with Crippen molar-refractivity contribution in [2.75, 3.05) is 7.11 Å². The number of aromatic nitrogens is 1. The van der Waals surface area contributed by atoms with Gasteiger partial charge in [-0.05, 0) is 41.8 Å². The van der Waals surface area contributed by atoms with Gasteiger partial charge in [-0.3, -0.25) is 19.4 Å². The van der Waals surface area contributed by atoms with E-state index in [1.165, 1.54) is 7.11 Å². The van der Waals surface area contributed by atoms with E-state index in [0.29, 0.717) is 39.6 Å². The highest BCUT2D eigenvalue weighted by Crippen LogP contribution is 2.35. The molecule has 1 N–H and O–H groups in total. The number of fused-ring (bicyclic) bond motifs is 1. The predicted molar refractivity (Wildman–Crippen MR) is 142 cm³/mol. The highest BCUT2D eigenvalue weighted by Gasteiger charge is 2.18. The molecule has 4 rings (SSSR count). The minimum Gasteiger partial charge on any atom is -0.488 e. The van der Waals surface area contributed by atoms with E-state index < -0.39 is 5.91 Å². The molecule has 0 unspecified atom stereocenters. The Balaban J connectivity index is 1.64. The van der Waals surface area contributed by atoms with Crippen LogP contribution in [0, 0.1) is 0 Å². The average Bonchev–Trinajstić information content (AvgIpc) is 2.89. The molecule has 190 valence electrons. The minimum absolute atomic E-state index is 0.144. The third kappa shape index (κ3) is 6.64. The lowest BCUT2D eigenvalue weighted by atomic mass is 10.1. The van der Waals surface area contributed by atoms with Crippen molar-refractivity contribution in [2.24, 2.45) is 0 Å². The van der Waals surface area contributed by atoms with Crippen LogP contribution in [0.5, 0.6) is 17.2 Å². The molecule has 0 fully saturated rings. The summed E-state index contributed by atoms with van der Waals surface area (Å²) in [4.78, 5) is 34.1. The zero-order valence-electron chi connectivity index (χ0n) is 20.6. The number of rotatable bonds is 11. The highest BCUT2D eigenvalue weighted by molar-refractivity contribution is 6.31. The van der Waals surface area contributed by atoms with E-state index in [9.17, 15) is 9.59 Å². The number of ketones is 1. The molecule has 0 atom stereocenters. The maximum Gasteiger partial charge on any atom is 0.278 e. The van der Waals surface area contributed by atoms with Crippen LogP contribution < -0.4 is 15.0 Å². The van der Waals surface area contributed by atoms with E-state index in [4.69, 9.17) is 25.9 Å². The summed E-state index contributed by atoms with van der Waals surface area (Å²) < 4.78 is 12.1. The number of benzene rings is 3. The molecule has 3 aromatic carbocycles.